The molecule has 2 aliphatic heterocycles. The van der Waals surface area contributed by atoms with Gasteiger partial charge in [-0.25, -0.2) is 0 Å². The number of benzene rings is 1. The van der Waals surface area contributed by atoms with Crippen LogP contribution in [0.3, 0.4) is 0 Å². The predicted molar refractivity (Wildman–Crippen MR) is 70.4 cm³/mol. The molecule has 0 radical (unpaired) electrons. The molecule has 0 amide bonds. The van der Waals surface area contributed by atoms with Gasteiger partial charge in [-0.2, -0.15) is 0 Å². The highest BCUT2D eigenvalue weighted by Gasteiger charge is 2.21. The van der Waals surface area contributed by atoms with Crippen LogP contribution in [0.15, 0.2) is 24.3 Å². The van der Waals surface area contributed by atoms with Gasteiger partial charge in [0.25, 0.3) is 0 Å². The highest BCUT2D eigenvalue weighted by atomic mass is 16.5. The van der Waals surface area contributed by atoms with Gasteiger partial charge in [0.1, 0.15) is 0 Å². The van der Waals surface area contributed by atoms with E-state index in [4.69, 9.17) is 9.47 Å². The van der Waals surface area contributed by atoms with Gasteiger partial charge < -0.3 is 14.8 Å². The van der Waals surface area contributed by atoms with E-state index >= 15 is 0 Å². The first-order chi connectivity index (χ1) is 8.93. The van der Waals surface area contributed by atoms with E-state index in [1.165, 1.54) is 24.0 Å². The fourth-order valence-electron chi connectivity index (χ4n) is 2.81. The number of fused-ring (bicyclic) bond motifs is 1. The van der Waals surface area contributed by atoms with Crippen LogP contribution in [0.4, 0.5) is 0 Å². The van der Waals surface area contributed by atoms with Crippen molar-refractivity contribution in [2.24, 2.45) is 5.92 Å². The summed E-state index contributed by atoms with van der Waals surface area (Å²) < 4.78 is 11.1. The molecule has 1 unspecified atom stereocenters. The lowest BCUT2D eigenvalue weighted by Gasteiger charge is -2.29. The molecule has 0 aliphatic carbocycles. The first-order valence-electron chi connectivity index (χ1n) is 6.90. The number of hydrogen-bond acceptors (Lipinski definition) is 3. The number of hydrogen-bond donors (Lipinski definition) is 1. The quantitative estimate of drug-likeness (QED) is 0.889. The monoisotopic (exact) mass is 247 g/mol. The first kappa shape index (κ1) is 12.2. The van der Waals surface area contributed by atoms with Gasteiger partial charge in [-0.1, -0.05) is 24.3 Å². The summed E-state index contributed by atoms with van der Waals surface area (Å²) >= 11 is 0. The normalized spacial score (nSPS) is 24.8. The van der Waals surface area contributed by atoms with E-state index in [1.807, 2.05) is 0 Å². The molecule has 0 aromatic heterocycles. The Morgan fingerprint density at radius 2 is 1.94 bits per heavy atom. The van der Waals surface area contributed by atoms with Gasteiger partial charge in [0.2, 0.25) is 0 Å². The maximum absolute atomic E-state index is 5.66. The van der Waals surface area contributed by atoms with Crippen molar-refractivity contribution in [3.63, 3.8) is 0 Å². The smallest absolute Gasteiger partial charge is 0.0721 e. The van der Waals surface area contributed by atoms with Crippen LogP contribution in [-0.2, 0) is 16.1 Å². The van der Waals surface area contributed by atoms with E-state index < -0.39 is 0 Å². The zero-order chi connectivity index (χ0) is 12.2. The molecule has 2 aliphatic rings. The molecule has 0 bridgehead atoms. The second-order valence-electron chi connectivity index (χ2n) is 5.23. The molecule has 3 nitrogen and oxygen atoms in total. The third kappa shape index (κ3) is 2.74. The summed E-state index contributed by atoms with van der Waals surface area (Å²) in [4.78, 5) is 0. The Bertz CT molecular complexity index is 388. The number of nitrogens with one attached hydrogen (secondary N) is 1. The lowest BCUT2D eigenvalue weighted by Crippen LogP contribution is -2.34. The molecule has 18 heavy (non-hydrogen) atoms. The van der Waals surface area contributed by atoms with Crippen LogP contribution < -0.4 is 5.32 Å². The average Bonchev–Trinajstić information content (AvgIpc) is 2.46. The summed E-state index contributed by atoms with van der Waals surface area (Å²) in [6.07, 6.45) is 2.37. The van der Waals surface area contributed by atoms with Crippen molar-refractivity contribution >= 4 is 0 Å². The van der Waals surface area contributed by atoms with E-state index in [0.29, 0.717) is 6.04 Å². The standard InChI is InChI=1S/C15H21NO2/c1-2-4-14-13(3-1)10-18-11-15(14)16-9-12-5-7-17-8-6-12/h1-4,12,15-16H,5-11H2. The third-order valence-electron chi connectivity index (χ3n) is 3.97. The molecule has 0 saturated carbocycles. The first-order valence-corrected chi connectivity index (χ1v) is 6.90. The lowest BCUT2D eigenvalue weighted by atomic mass is 9.96. The summed E-state index contributed by atoms with van der Waals surface area (Å²) in [5.74, 6) is 0.757. The van der Waals surface area contributed by atoms with Crippen molar-refractivity contribution in [3.8, 4) is 0 Å². The summed E-state index contributed by atoms with van der Waals surface area (Å²) in [6.45, 7) is 4.46. The summed E-state index contributed by atoms with van der Waals surface area (Å²) in [5, 5.41) is 3.67. The molecular formula is C15H21NO2. The topological polar surface area (TPSA) is 30.5 Å². The van der Waals surface area contributed by atoms with Crippen molar-refractivity contribution in [1.29, 1.82) is 0 Å². The van der Waals surface area contributed by atoms with Crippen LogP contribution in [0.5, 0.6) is 0 Å². The van der Waals surface area contributed by atoms with E-state index in [0.717, 1.165) is 38.9 Å². The highest BCUT2D eigenvalue weighted by Crippen LogP contribution is 2.25. The van der Waals surface area contributed by atoms with Crippen LogP contribution in [0.25, 0.3) is 0 Å². The van der Waals surface area contributed by atoms with Crippen molar-refractivity contribution in [3.05, 3.63) is 35.4 Å². The molecule has 1 atom stereocenters. The van der Waals surface area contributed by atoms with Gasteiger partial charge >= 0.3 is 0 Å². The maximum Gasteiger partial charge on any atom is 0.0721 e. The van der Waals surface area contributed by atoms with Gasteiger partial charge in [-0.15, -0.1) is 0 Å². The Hall–Kier alpha value is -0.900. The van der Waals surface area contributed by atoms with Crippen LogP contribution in [0.2, 0.25) is 0 Å². The fourth-order valence-corrected chi connectivity index (χ4v) is 2.81. The van der Waals surface area contributed by atoms with Gasteiger partial charge in [0.05, 0.1) is 19.3 Å². The largest absolute Gasteiger partial charge is 0.381 e. The Balaban J connectivity index is 1.60. The second kappa shape index (κ2) is 5.83. The zero-order valence-electron chi connectivity index (χ0n) is 10.7. The molecule has 98 valence electrons. The zero-order valence-corrected chi connectivity index (χ0v) is 10.7. The molecular weight excluding hydrogens is 226 g/mol. The molecule has 2 heterocycles. The minimum Gasteiger partial charge on any atom is -0.381 e. The summed E-state index contributed by atoms with van der Waals surface area (Å²) in [6, 6.07) is 8.95. The summed E-state index contributed by atoms with van der Waals surface area (Å²) in [5.41, 5.74) is 2.74. The molecule has 3 rings (SSSR count). The van der Waals surface area contributed by atoms with Gasteiger partial charge in [0.15, 0.2) is 0 Å². The number of rotatable bonds is 3. The van der Waals surface area contributed by atoms with E-state index in [9.17, 15) is 0 Å². The third-order valence-corrected chi connectivity index (χ3v) is 3.97. The number of ether oxygens (including phenoxy) is 2. The lowest BCUT2D eigenvalue weighted by molar-refractivity contribution is 0.0571. The van der Waals surface area contributed by atoms with Crippen molar-refractivity contribution in [2.75, 3.05) is 26.4 Å². The van der Waals surface area contributed by atoms with Gasteiger partial charge in [-0.05, 0) is 36.4 Å². The van der Waals surface area contributed by atoms with E-state index in [2.05, 4.69) is 29.6 Å². The SMILES string of the molecule is c1ccc2c(c1)COCC2NCC1CCOCC1. The predicted octanol–water partition coefficient (Wildman–Crippen LogP) is 2.27. The average molecular weight is 247 g/mol. The van der Waals surface area contributed by atoms with Crippen LogP contribution in [-0.4, -0.2) is 26.4 Å². The molecule has 0 spiro atoms. The van der Waals surface area contributed by atoms with Crippen molar-refractivity contribution in [2.45, 2.75) is 25.5 Å². The Morgan fingerprint density at radius 1 is 1.11 bits per heavy atom. The van der Waals surface area contributed by atoms with E-state index in [1.54, 1.807) is 0 Å². The molecule has 1 aromatic carbocycles. The maximum atomic E-state index is 5.66. The van der Waals surface area contributed by atoms with Crippen LogP contribution in [0.1, 0.15) is 30.0 Å². The fraction of sp³-hybridized carbons (Fsp3) is 0.600. The Labute approximate surface area is 108 Å². The highest BCUT2D eigenvalue weighted by molar-refractivity contribution is 5.31. The Kier molecular flexibility index (Phi) is 3.93. The molecule has 1 fully saturated rings. The Morgan fingerprint density at radius 3 is 2.83 bits per heavy atom. The van der Waals surface area contributed by atoms with Crippen LogP contribution in [0, 0.1) is 5.92 Å². The summed E-state index contributed by atoms with van der Waals surface area (Å²) in [7, 11) is 0. The van der Waals surface area contributed by atoms with Gasteiger partial charge in [0, 0.05) is 13.2 Å². The molecule has 1 aromatic rings. The molecule has 3 heteroatoms. The van der Waals surface area contributed by atoms with E-state index in [-0.39, 0.29) is 0 Å². The van der Waals surface area contributed by atoms with Crippen molar-refractivity contribution < 1.29 is 9.47 Å². The molecule has 1 N–H and O–H groups in total. The van der Waals surface area contributed by atoms with Crippen LogP contribution >= 0.6 is 0 Å². The minimum atomic E-state index is 0.359. The van der Waals surface area contributed by atoms with Crippen molar-refractivity contribution in [1.82, 2.24) is 5.32 Å². The van der Waals surface area contributed by atoms with Gasteiger partial charge in [-0.3, -0.25) is 0 Å². The second-order valence-corrected chi connectivity index (χ2v) is 5.23. The minimum absolute atomic E-state index is 0.359. The molecule has 1 saturated heterocycles.